The van der Waals surface area contributed by atoms with E-state index in [2.05, 4.69) is 13.8 Å². The Labute approximate surface area is 95.6 Å². The smallest absolute Gasteiger partial charge is 0.307 e. The van der Waals surface area contributed by atoms with E-state index in [0.717, 1.165) is 19.5 Å². The summed E-state index contributed by atoms with van der Waals surface area (Å²) in [4.78, 5) is 24.6. The molecule has 1 saturated heterocycles. The molecule has 1 N–H and O–H groups in total. The summed E-state index contributed by atoms with van der Waals surface area (Å²) in [5.74, 6) is -0.346. The van der Waals surface area contributed by atoms with Gasteiger partial charge < -0.3 is 10.0 Å². The number of rotatable bonds is 2. The number of carbonyl (C=O) groups is 2. The van der Waals surface area contributed by atoms with Crippen LogP contribution in [0.1, 0.15) is 26.7 Å². The van der Waals surface area contributed by atoms with E-state index in [0.29, 0.717) is 18.3 Å². The summed E-state index contributed by atoms with van der Waals surface area (Å²) in [6.45, 7) is 5.90. The predicted molar refractivity (Wildman–Crippen MR) is 58.8 cm³/mol. The molecule has 4 atom stereocenters. The molecule has 0 aromatic heterocycles. The third kappa shape index (κ3) is 2.20. The summed E-state index contributed by atoms with van der Waals surface area (Å²) in [6.07, 6.45) is 1.70. The van der Waals surface area contributed by atoms with Crippen LogP contribution >= 0.6 is 0 Å². The van der Waals surface area contributed by atoms with Crippen molar-refractivity contribution >= 4 is 11.9 Å². The van der Waals surface area contributed by atoms with Crippen molar-refractivity contribution < 1.29 is 14.7 Å². The number of hydrogen-bond acceptors (Lipinski definition) is 2. The first-order chi connectivity index (χ1) is 7.49. The molecule has 1 aliphatic carbocycles. The van der Waals surface area contributed by atoms with Gasteiger partial charge in [0.05, 0.1) is 11.8 Å². The highest BCUT2D eigenvalue weighted by molar-refractivity contribution is 5.89. The molecule has 2 fully saturated rings. The van der Waals surface area contributed by atoms with Gasteiger partial charge in [0, 0.05) is 13.1 Å². The lowest BCUT2D eigenvalue weighted by Crippen LogP contribution is -2.43. The van der Waals surface area contributed by atoms with Crippen LogP contribution in [0.25, 0.3) is 0 Å². The molecule has 2 aliphatic rings. The number of amides is 1. The highest BCUT2D eigenvalue weighted by Crippen LogP contribution is 2.41. The number of piperidine rings is 1. The molecule has 16 heavy (non-hydrogen) atoms. The molecule has 0 bridgehead atoms. The maximum absolute atomic E-state index is 12.0. The van der Waals surface area contributed by atoms with Crippen molar-refractivity contribution in [2.24, 2.45) is 23.7 Å². The van der Waals surface area contributed by atoms with E-state index in [1.807, 2.05) is 4.90 Å². The van der Waals surface area contributed by atoms with Gasteiger partial charge in [-0.3, -0.25) is 9.59 Å². The molecule has 2 unspecified atom stereocenters. The zero-order chi connectivity index (χ0) is 11.9. The van der Waals surface area contributed by atoms with Gasteiger partial charge in [-0.15, -0.1) is 0 Å². The van der Waals surface area contributed by atoms with Crippen LogP contribution in [-0.4, -0.2) is 35.0 Å². The van der Waals surface area contributed by atoms with Crippen molar-refractivity contribution in [3.8, 4) is 0 Å². The molecule has 2 rings (SSSR count). The number of carboxylic acids is 1. The molecular formula is C12H19NO3. The van der Waals surface area contributed by atoms with E-state index in [4.69, 9.17) is 5.11 Å². The summed E-state index contributed by atoms with van der Waals surface area (Å²) in [5, 5.41) is 8.80. The summed E-state index contributed by atoms with van der Waals surface area (Å²) < 4.78 is 0. The second-order valence-corrected chi connectivity index (χ2v) is 5.48. The van der Waals surface area contributed by atoms with Gasteiger partial charge in [0.25, 0.3) is 0 Å². The van der Waals surface area contributed by atoms with Crippen LogP contribution in [-0.2, 0) is 9.59 Å². The van der Waals surface area contributed by atoms with Gasteiger partial charge in [0.15, 0.2) is 0 Å². The molecule has 0 aromatic carbocycles. The molecule has 1 heterocycles. The molecule has 4 heteroatoms. The number of hydrogen-bond donors (Lipinski definition) is 1. The SMILES string of the molecule is CC1CC(C)CN(C(=O)[C@@H]2C[C@@H]2C(=O)O)C1. The van der Waals surface area contributed by atoms with E-state index >= 15 is 0 Å². The highest BCUT2D eigenvalue weighted by Gasteiger charge is 2.50. The number of aliphatic carboxylic acids is 1. The number of carboxylic acid groups (broad SMARTS) is 1. The average molecular weight is 225 g/mol. The molecule has 1 amide bonds. The zero-order valence-electron chi connectivity index (χ0n) is 9.85. The van der Waals surface area contributed by atoms with Gasteiger partial charge >= 0.3 is 5.97 Å². The van der Waals surface area contributed by atoms with E-state index in [-0.39, 0.29) is 11.8 Å². The minimum absolute atomic E-state index is 0.0609. The van der Waals surface area contributed by atoms with Gasteiger partial charge in [-0.05, 0) is 24.7 Å². The molecule has 0 spiro atoms. The summed E-state index contributed by atoms with van der Waals surface area (Å²) >= 11 is 0. The molecule has 0 aromatic rings. The largest absolute Gasteiger partial charge is 0.481 e. The Bertz CT molecular complexity index is 305. The first-order valence-corrected chi connectivity index (χ1v) is 6.00. The van der Waals surface area contributed by atoms with Crippen molar-refractivity contribution in [3.05, 3.63) is 0 Å². The standard InChI is InChI=1S/C12H19NO3/c1-7-3-8(2)6-13(5-7)11(14)9-4-10(9)12(15)16/h7-10H,3-6H2,1-2H3,(H,15,16)/t7?,8?,9-,10+/m1/s1. The third-order valence-corrected chi connectivity index (χ3v) is 3.61. The van der Waals surface area contributed by atoms with Crippen molar-refractivity contribution in [2.75, 3.05) is 13.1 Å². The van der Waals surface area contributed by atoms with Gasteiger partial charge in [-0.1, -0.05) is 13.8 Å². The predicted octanol–water partition coefficient (Wildman–Crippen LogP) is 1.21. The minimum Gasteiger partial charge on any atom is -0.481 e. The summed E-state index contributed by atoms with van der Waals surface area (Å²) in [6, 6.07) is 0. The fourth-order valence-electron chi connectivity index (χ4n) is 2.82. The topological polar surface area (TPSA) is 57.6 Å². The Balaban J connectivity index is 1.93. The number of carbonyl (C=O) groups excluding carboxylic acids is 1. The number of likely N-dealkylation sites (tertiary alicyclic amines) is 1. The highest BCUT2D eigenvalue weighted by atomic mass is 16.4. The molecule has 1 aliphatic heterocycles. The van der Waals surface area contributed by atoms with Gasteiger partial charge in [-0.25, -0.2) is 0 Å². The lowest BCUT2D eigenvalue weighted by molar-refractivity contribution is -0.142. The average Bonchev–Trinajstić information content (AvgIpc) is 2.94. The Morgan fingerprint density at radius 1 is 1.06 bits per heavy atom. The maximum atomic E-state index is 12.0. The normalized spacial score (nSPS) is 38.2. The molecule has 0 radical (unpaired) electrons. The number of nitrogens with zero attached hydrogens (tertiary/aromatic N) is 1. The van der Waals surface area contributed by atoms with E-state index in [1.165, 1.54) is 0 Å². The molecule has 4 nitrogen and oxygen atoms in total. The Morgan fingerprint density at radius 3 is 2.06 bits per heavy atom. The van der Waals surface area contributed by atoms with E-state index in [9.17, 15) is 9.59 Å². The monoisotopic (exact) mass is 225 g/mol. The van der Waals surface area contributed by atoms with Crippen LogP contribution in [0.15, 0.2) is 0 Å². The van der Waals surface area contributed by atoms with Crippen molar-refractivity contribution in [1.82, 2.24) is 4.90 Å². The van der Waals surface area contributed by atoms with Crippen LogP contribution < -0.4 is 0 Å². The van der Waals surface area contributed by atoms with Gasteiger partial charge in [-0.2, -0.15) is 0 Å². The van der Waals surface area contributed by atoms with Crippen molar-refractivity contribution in [2.45, 2.75) is 26.7 Å². The fraction of sp³-hybridized carbons (Fsp3) is 0.833. The Kier molecular flexibility index (Phi) is 2.91. The first kappa shape index (κ1) is 11.4. The zero-order valence-corrected chi connectivity index (χ0v) is 9.85. The van der Waals surface area contributed by atoms with Crippen LogP contribution in [0.5, 0.6) is 0 Å². The van der Waals surface area contributed by atoms with Crippen LogP contribution in [0.3, 0.4) is 0 Å². The molecule has 90 valence electrons. The maximum Gasteiger partial charge on any atom is 0.307 e. The molecular weight excluding hydrogens is 206 g/mol. The fourth-order valence-corrected chi connectivity index (χ4v) is 2.82. The summed E-state index contributed by atoms with van der Waals surface area (Å²) in [5.41, 5.74) is 0. The Hall–Kier alpha value is -1.06. The second-order valence-electron chi connectivity index (χ2n) is 5.48. The van der Waals surface area contributed by atoms with Crippen LogP contribution in [0.4, 0.5) is 0 Å². The van der Waals surface area contributed by atoms with Crippen LogP contribution in [0.2, 0.25) is 0 Å². The summed E-state index contributed by atoms with van der Waals surface area (Å²) in [7, 11) is 0. The van der Waals surface area contributed by atoms with E-state index < -0.39 is 11.9 Å². The minimum atomic E-state index is -0.823. The lowest BCUT2D eigenvalue weighted by atomic mass is 9.91. The van der Waals surface area contributed by atoms with Crippen molar-refractivity contribution in [3.63, 3.8) is 0 Å². The van der Waals surface area contributed by atoms with Gasteiger partial charge in [0.2, 0.25) is 5.91 Å². The second kappa shape index (κ2) is 4.07. The molecule has 1 saturated carbocycles. The van der Waals surface area contributed by atoms with Crippen molar-refractivity contribution in [1.29, 1.82) is 0 Å². The van der Waals surface area contributed by atoms with E-state index in [1.54, 1.807) is 0 Å². The lowest BCUT2D eigenvalue weighted by Gasteiger charge is -2.35. The van der Waals surface area contributed by atoms with Crippen LogP contribution in [0, 0.1) is 23.7 Å². The van der Waals surface area contributed by atoms with Gasteiger partial charge in [0.1, 0.15) is 0 Å². The quantitative estimate of drug-likeness (QED) is 0.768. The third-order valence-electron chi connectivity index (χ3n) is 3.61. The Morgan fingerprint density at radius 2 is 1.62 bits per heavy atom. The first-order valence-electron chi connectivity index (χ1n) is 6.00.